The molecule has 0 aliphatic carbocycles. The zero-order chi connectivity index (χ0) is 20.8. The normalized spacial score (nSPS) is 14.8. The van der Waals surface area contributed by atoms with Gasteiger partial charge in [-0.25, -0.2) is 0 Å². The highest BCUT2D eigenvalue weighted by Crippen LogP contribution is 2.34. The van der Waals surface area contributed by atoms with Gasteiger partial charge in [-0.15, -0.1) is 0 Å². The Hall–Kier alpha value is -2.24. The molecule has 5 nitrogen and oxygen atoms in total. The van der Waals surface area contributed by atoms with E-state index in [0.29, 0.717) is 17.0 Å². The molecule has 1 saturated heterocycles. The first-order valence-corrected chi connectivity index (χ1v) is 10.5. The maximum Gasteiger partial charge on any atom is 0.307 e. The number of benzene rings is 2. The van der Waals surface area contributed by atoms with Gasteiger partial charge in [0.05, 0.1) is 17.8 Å². The highest BCUT2D eigenvalue weighted by atomic mass is 35.5. The first kappa shape index (κ1) is 21.5. The second kappa shape index (κ2) is 9.99. The van der Waals surface area contributed by atoms with Crippen molar-refractivity contribution in [1.29, 1.82) is 0 Å². The summed E-state index contributed by atoms with van der Waals surface area (Å²) in [6, 6.07) is 13.9. The molecule has 0 atom stereocenters. The van der Waals surface area contributed by atoms with Gasteiger partial charge in [-0.3, -0.25) is 4.79 Å². The Morgan fingerprint density at radius 1 is 1.21 bits per heavy atom. The van der Waals surface area contributed by atoms with Gasteiger partial charge in [0.1, 0.15) is 0 Å². The number of rotatable bonds is 8. The number of hydrogen-bond acceptors (Lipinski definition) is 4. The fourth-order valence-electron chi connectivity index (χ4n) is 3.74. The van der Waals surface area contributed by atoms with E-state index in [4.69, 9.17) is 16.3 Å². The molecule has 156 valence electrons. The van der Waals surface area contributed by atoms with Crippen LogP contribution in [0.3, 0.4) is 0 Å². The zero-order valence-electron chi connectivity index (χ0n) is 17.0. The molecule has 1 aliphatic rings. The van der Waals surface area contributed by atoms with Gasteiger partial charge in [-0.1, -0.05) is 31.5 Å². The molecule has 0 bridgehead atoms. The van der Waals surface area contributed by atoms with E-state index in [-0.39, 0.29) is 6.42 Å². The van der Waals surface area contributed by atoms with Crippen molar-refractivity contribution in [1.82, 2.24) is 0 Å². The van der Waals surface area contributed by atoms with Crippen molar-refractivity contribution < 1.29 is 14.6 Å². The Balaban J connectivity index is 1.98. The van der Waals surface area contributed by atoms with E-state index < -0.39 is 5.97 Å². The number of hydrogen-bond donors (Lipinski definition) is 2. The second-order valence-electron chi connectivity index (χ2n) is 7.94. The standard InChI is InChI=1S/C23H29ClN2O3/c1-16(2)15-26(20-9-11-29-12-10-20)22-8-3-17(14-23(27)28)13-21(22)25-19-6-4-18(24)5-7-19/h3-8,13,16,20,25H,9-12,14-15H2,1-2H3,(H,27,28). The lowest BCUT2D eigenvalue weighted by molar-refractivity contribution is -0.136. The van der Waals surface area contributed by atoms with Crippen LogP contribution in [-0.4, -0.2) is 36.9 Å². The third-order valence-corrected chi connectivity index (χ3v) is 5.29. The van der Waals surface area contributed by atoms with Crippen LogP contribution in [-0.2, 0) is 16.0 Å². The molecule has 29 heavy (non-hydrogen) atoms. The number of anilines is 3. The van der Waals surface area contributed by atoms with Gasteiger partial charge >= 0.3 is 5.97 Å². The third kappa shape index (κ3) is 6.12. The van der Waals surface area contributed by atoms with Crippen LogP contribution in [0.25, 0.3) is 0 Å². The summed E-state index contributed by atoms with van der Waals surface area (Å²) in [7, 11) is 0. The molecule has 1 fully saturated rings. The van der Waals surface area contributed by atoms with E-state index in [1.807, 2.05) is 42.5 Å². The number of nitrogens with one attached hydrogen (secondary N) is 1. The average molecular weight is 417 g/mol. The lowest BCUT2D eigenvalue weighted by Crippen LogP contribution is -2.42. The molecular weight excluding hydrogens is 388 g/mol. The molecule has 3 rings (SSSR count). The summed E-state index contributed by atoms with van der Waals surface area (Å²) in [6.45, 7) is 6.92. The fourth-order valence-corrected chi connectivity index (χ4v) is 3.87. The predicted molar refractivity (Wildman–Crippen MR) is 119 cm³/mol. The monoisotopic (exact) mass is 416 g/mol. The van der Waals surface area contributed by atoms with Crippen molar-refractivity contribution in [2.24, 2.45) is 5.92 Å². The smallest absolute Gasteiger partial charge is 0.307 e. The first-order valence-electron chi connectivity index (χ1n) is 10.1. The number of carboxylic acids is 1. The van der Waals surface area contributed by atoms with Crippen LogP contribution in [0.15, 0.2) is 42.5 Å². The molecule has 6 heteroatoms. The zero-order valence-corrected chi connectivity index (χ0v) is 17.8. The van der Waals surface area contributed by atoms with Crippen molar-refractivity contribution >= 4 is 34.6 Å². The number of ether oxygens (including phenoxy) is 1. The summed E-state index contributed by atoms with van der Waals surface area (Å²) in [4.78, 5) is 13.7. The predicted octanol–water partition coefficient (Wildman–Crippen LogP) is 5.35. The fraction of sp³-hybridized carbons (Fsp3) is 0.435. The molecule has 0 radical (unpaired) electrons. The van der Waals surface area contributed by atoms with Gasteiger partial charge in [-0.2, -0.15) is 0 Å². The molecular formula is C23H29ClN2O3. The van der Waals surface area contributed by atoms with Crippen molar-refractivity contribution in [3.63, 3.8) is 0 Å². The van der Waals surface area contributed by atoms with Crippen LogP contribution in [0.2, 0.25) is 5.02 Å². The third-order valence-electron chi connectivity index (χ3n) is 5.04. The second-order valence-corrected chi connectivity index (χ2v) is 8.38. The van der Waals surface area contributed by atoms with Gasteiger partial charge in [-0.05, 0) is 60.7 Å². The van der Waals surface area contributed by atoms with E-state index in [1.165, 1.54) is 0 Å². The Morgan fingerprint density at radius 3 is 2.52 bits per heavy atom. The van der Waals surface area contributed by atoms with Crippen molar-refractivity contribution in [3.8, 4) is 0 Å². The Morgan fingerprint density at radius 2 is 1.90 bits per heavy atom. The highest BCUT2D eigenvalue weighted by Gasteiger charge is 2.25. The van der Waals surface area contributed by atoms with Crippen LogP contribution in [0, 0.1) is 5.92 Å². The maximum absolute atomic E-state index is 11.2. The summed E-state index contributed by atoms with van der Waals surface area (Å²) in [5, 5.41) is 13.4. The summed E-state index contributed by atoms with van der Waals surface area (Å²) >= 11 is 6.02. The largest absolute Gasteiger partial charge is 0.481 e. The molecule has 0 saturated carbocycles. The molecule has 0 unspecified atom stereocenters. The topological polar surface area (TPSA) is 61.8 Å². The molecule has 2 aromatic carbocycles. The molecule has 2 N–H and O–H groups in total. The van der Waals surface area contributed by atoms with Gasteiger partial charge < -0.3 is 20.1 Å². The van der Waals surface area contributed by atoms with Crippen LogP contribution < -0.4 is 10.2 Å². The van der Waals surface area contributed by atoms with Crippen LogP contribution in [0.4, 0.5) is 17.1 Å². The van der Waals surface area contributed by atoms with Gasteiger partial charge in [0.2, 0.25) is 0 Å². The first-order chi connectivity index (χ1) is 13.9. The summed E-state index contributed by atoms with van der Waals surface area (Å²) < 4.78 is 5.57. The van der Waals surface area contributed by atoms with Gasteiger partial charge in [0.15, 0.2) is 0 Å². The average Bonchev–Trinajstić information content (AvgIpc) is 2.68. The summed E-state index contributed by atoms with van der Waals surface area (Å²) in [6.07, 6.45) is 1.98. The van der Waals surface area contributed by atoms with E-state index >= 15 is 0 Å². The van der Waals surface area contributed by atoms with E-state index in [2.05, 4.69) is 24.1 Å². The Kier molecular flexibility index (Phi) is 7.40. The summed E-state index contributed by atoms with van der Waals surface area (Å²) in [5.41, 5.74) is 3.70. The highest BCUT2D eigenvalue weighted by molar-refractivity contribution is 6.30. The number of nitrogens with zero attached hydrogens (tertiary/aromatic N) is 1. The van der Waals surface area contributed by atoms with Crippen molar-refractivity contribution in [2.45, 2.75) is 39.2 Å². The minimum Gasteiger partial charge on any atom is -0.481 e. The maximum atomic E-state index is 11.2. The molecule has 0 spiro atoms. The Labute approximate surface area is 177 Å². The molecule has 2 aromatic rings. The van der Waals surface area contributed by atoms with Crippen LogP contribution in [0.1, 0.15) is 32.3 Å². The quantitative estimate of drug-likeness (QED) is 0.607. The number of carbonyl (C=O) groups is 1. The lowest BCUT2D eigenvalue weighted by Gasteiger charge is -2.38. The van der Waals surface area contributed by atoms with E-state index in [1.54, 1.807) is 0 Å². The van der Waals surface area contributed by atoms with Gasteiger partial charge in [0, 0.05) is 36.5 Å². The van der Waals surface area contributed by atoms with Crippen molar-refractivity contribution in [3.05, 3.63) is 53.1 Å². The van der Waals surface area contributed by atoms with E-state index in [9.17, 15) is 9.90 Å². The van der Waals surface area contributed by atoms with Crippen LogP contribution in [0.5, 0.6) is 0 Å². The molecule has 1 heterocycles. The molecule has 0 aromatic heterocycles. The minimum atomic E-state index is -0.835. The lowest BCUT2D eigenvalue weighted by atomic mass is 10.0. The van der Waals surface area contributed by atoms with Gasteiger partial charge in [0.25, 0.3) is 0 Å². The SMILES string of the molecule is CC(C)CN(c1ccc(CC(=O)O)cc1Nc1ccc(Cl)cc1)C1CCOCC1. The van der Waals surface area contributed by atoms with Crippen molar-refractivity contribution in [2.75, 3.05) is 30.0 Å². The Bertz CT molecular complexity index is 817. The van der Waals surface area contributed by atoms with Crippen LogP contribution >= 0.6 is 11.6 Å². The molecule has 0 amide bonds. The number of halogens is 1. The molecule has 1 aliphatic heterocycles. The number of carboxylic acid groups (broad SMARTS) is 1. The van der Waals surface area contributed by atoms with E-state index in [0.717, 1.165) is 55.2 Å². The number of aliphatic carboxylic acids is 1. The summed E-state index contributed by atoms with van der Waals surface area (Å²) in [5.74, 6) is -0.335. The minimum absolute atomic E-state index is 0.00295.